The number of hydrogen-bond donors (Lipinski definition) is 2. The van der Waals surface area contributed by atoms with Crippen LogP contribution in [0, 0.1) is 11.3 Å². The Kier molecular flexibility index (Phi) is 2.79. The fourth-order valence-electron chi connectivity index (χ4n) is 1.90. The normalized spacial score (nSPS) is 18.5. The van der Waals surface area contributed by atoms with E-state index in [4.69, 9.17) is 5.26 Å². The number of rotatable bonds is 2. The largest absolute Gasteiger partial charge is 0.322 e. The van der Waals surface area contributed by atoms with Crippen molar-refractivity contribution in [3.8, 4) is 6.07 Å². The van der Waals surface area contributed by atoms with Crippen LogP contribution in [0.5, 0.6) is 0 Å². The summed E-state index contributed by atoms with van der Waals surface area (Å²) in [5.41, 5.74) is 2.19. The summed E-state index contributed by atoms with van der Waals surface area (Å²) >= 11 is 0. The Hall–Kier alpha value is -2.35. The van der Waals surface area contributed by atoms with Gasteiger partial charge in [0.2, 0.25) is 0 Å². The van der Waals surface area contributed by atoms with Crippen LogP contribution < -0.4 is 10.6 Å². The molecule has 0 spiro atoms. The first-order valence-corrected chi connectivity index (χ1v) is 5.30. The number of benzene rings is 1. The Morgan fingerprint density at radius 1 is 1.41 bits per heavy atom. The minimum absolute atomic E-state index is 0.352. The molecule has 1 aliphatic heterocycles. The Morgan fingerprint density at radius 2 is 2.18 bits per heavy atom. The van der Waals surface area contributed by atoms with Crippen LogP contribution in [0.4, 0.5) is 4.79 Å². The molecular weight excluding hydrogens is 218 g/mol. The van der Waals surface area contributed by atoms with E-state index in [1.165, 1.54) is 0 Å². The zero-order chi connectivity index (χ0) is 12.4. The summed E-state index contributed by atoms with van der Waals surface area (Å²) in [6.45, 7) is 1.94. The van der Waals surface area contributed by atoms with Gasteiger partial charge in [0.15, 0.2) is 0 Å². The maximum atomic E-state index is 11.5. The molecule has 1 atom stereocenters. The van der Waals surface area contributed by atoms with Gasteiger partial charge in [0.1, 0.15) is 6.04 Å². The molecule has 2 N–H and O–H groups in total. The molecule has 5 nitrogen and oxygen atoms in total. The molecule has 1 saturated heterocycles. The lowest BCUT2D eigenvalue weighted by atomic mass is 9.96. The summed E-state index contributed by atoms with van der Waals surface area (Å²) in [5.74, 6) is -0.352. The van der Waals surface area contributed by atoms with E-state index in [0.717, 1.165) is 11.1 Å². The highest BCUT2D eigenvalue weighted by molar-refractivity contribution is 6.04. The van der Waals surface area contributed by atoms with Gasteiger partial charge in [-0.3, -0.25) is 10.1 Å². The van der Waals surface area contributed by atoms with E-state index in [2.05, 4.69) is 16.7 Å². The highest BCUT2D eigenvalue weighted by Crippen LogP contribution is 2.22. The molecule has 5 heteroatoms. The first-order chi connectivity index (χ1) is 8.15. The lowest BCUT2D eigenvalue weighted by molar-refractivity contribution is -0.120. The smallest absolute Gasteiger partial charge is 0.322 e. The molecule has 0 bridgehead atoms. The van der Waals surface area contributed by atoms with Crippen LogP contribution in [-0.2, 0) is 11.2 Å². The lowest BCUT2D eigenvalue weighted by Crippen LogP contribution is -2.22. The zero-order valence-electron chi connectivity index (χ0n) is 9.28. The Morgan fingerprint density at radius 3 is 2.71 bits per heavy atom. The van der Waals surface area contributed by atoms with Crippen molar-refractivity contribution < 1.29 is 9.59 Å². The van der Waals surface area contributed by atoms with E-state index in [0.29, 0.717) is 12.0 Å². The minimum atomic E-state index is -0.648. The van der Waals surface area contributed by atoms with E-state index < -0.39 is 12.1 Å². The number of nitriles is 1. The molecule has 1 aliphatic rings. The van der Waals surface area contributed by atoms with Crippen molar-refractivity contribution in [2.45, 2.75) is 19.4 Å². The van der Waals surface area contributed by atoms with Crippen LogP contribution in [0.2, 0.25) is 0 Å². The molecule has 1 aromatic rings. The summed E-state index contributed by atoms with van der Waals surface area (Å²) in [7, 11) is 0. The molecule has 1 heterocycles. The Labute approximate surface area is 98.4 Å². The van der Waals surface area contributed by atoms with Gasteiger partial charge in [-0.05, 0) is 29.7 Å². The molecule has 2 rings (SSSR count). The second-order valence-electron chi connectivity index (χ2n) is 3.77. The number of carbonyl (C=O) groups is 2. The van der Waals surface area contributed by atoms with Gasteiger partial charge < -0.3 is 5.32 Å². The third-order valence-electron chi connectivity index (χ3n) is 2.74. The molecule has 3 amide bonds. The Bertz CT molecular complexity index is 531. The second-order valence-corrected chi connectivity index (χ2v) is 3.77. The number of amides is 3. The average molecular weight is 229 g/mol. The SMILES string of the molecule is CCc1cc(C#N)ccc1C1NC(=O)NC1=O. The molecule has 1 unspecified atom stereocenters. The van der Waals surface area contributed by atoms with E-state index in [-0.39, 0.29) is 5.91 Å². The average Bonchev–Trinajstić information content (AvgIpc) is 2.67. The minimum Gasteiger partial charge on any atom is -0.322 e. The van der Waals surface area contributed by atoms with Crippen molar-refractivity contribution in [2.75, 3.05) is 0 Å². The van der Waals surface area contributed by atoms with E-state index in [1.54, 1.807) is 18.2 Å². The van der Waals surface area contributed by atoms with Gasteiger partial charge in [-0.15, -0.1) is 0 Å². The summed E-state index contributed by atoms with van der Waals surface area (Å²) < 4.78 is 0. The van der Waals surface area contributed by atoms with Gasteiger partial charge in [0.05, 0.1) is 11.6 Å². The maximum absolute atomic E-state index is 11.5. The van der Waals surface area contributed by atoms with Crippen molar-refractivity contribution >= 4 is 11.9 Å². The zero-order valence-corrected chi connectivity index (χ0v) is 9.28. The van der Waals surface area contributed by atoms with Crippen molar-refractivity contribution in [2.24, 2.45) is 0 Å². The van der Waals surface area contributed by atoms with Gasteiger partial charge in [-0.2, -0.15) is 5.26 Å². The number of nitrogens with one attached hydrogen (secondary N) is 2. The van der Waals surface area contributed by atoms with Crippen LogP contribution >= 0.6 is 0 Å². The maximum Gasteiger partial charge on any atom is 0.322 e. The van der Waals surface area contributed by atoms with Gasteiger partial charge in [-0.1, -0.05) is 13.0 Å². The number of aryl methyl sites for hydroxylation is 1. The highest BCUT2D eigenvalue weighted by atomic mass is 16.2. The molecule has 0 saturated carbocycles. The van der Waals surface area contributed by atoms with Crippen LogP contribution in [0.1, 0.15) is 29.7 Å². The summed E-state index contributed by atoms with van der Waals surface area (Å²) in [6, 6.07) is 6.03. The third kappa shape index (κ3) is 1.97. The third-order valence-corrected chi connectivity index (χ3v) is 2.74. The molecule has 86 valence electrons. The molecule has 1 aromatic carbocycles. The molecular formula is C12H11N3O2. The van der Waals surface area contributed by atoms with Gasteiger partial charge in [0.25, 0.3) is 5.91 Å². The van der Waals surface area contributed by atoms with E-state index in [9.17, 15) is 9.59 Å². The number of nitrogens with zero attached hydrogens (tertiary/aromatic N) is 1. The fourth-order valence-corrected chi connectivity index (χ4v) is 1.90. The van der Waals surface area contributed by atoms with Gasteiger partial charge >= 0.3 is 6.03 Å². The first kappa shape index (κ1) is 11.1. The molecule has 0 aromatic heterocycles. The fraction of sp³-hybridized carbons (Fsp3) is 0.250. The van der Waals surface area contributed by atoms with Crippen LogP contribution in [0.25, 0.3) is 0 Å². The van der Waals surface area contributed by atoms with Crippen molar-refractivity contribution in [1.29, 1.82) is 5.26 Å². The first-order valence-electron chi connectivity index (χ1n) is 5.30. The number of hydrogen-bond acceptors (Lipinski definition) is 3. The quantitative estimate of drug-likeness (QED) is 0.742. The van der Waals surface area contributed by atoms with Crippen molar-refractivity contribution in [3.05, 3.63) is 34.9 Å². The van der Waals surface area contributed by atoms with Crippen molar-refractivity contribution in [3.63, 3.8) is 0 Å². The van der Waals surface area contributed by atoms with Crippen molar-refractivity contribution in [1.82, 2.24) is 10.6 Å². The topological polar surface area (TPSA) is 82.0 Å². The number of carbonyl (C=O) groups excluding carboxylic acids is 2. The monoisotopic (exact) mass is 229 g/mol. The molecule has 17 heavy (non-hydrogen) atoms. The van der Waals surface area contributed by atoms with Gasteiger partial charge in [0, 0.05) is 0 Å². The molecule has 1 fully saturated rings. The van der Waals surface area contributed by atoms with Crippen LogP contribution in [-0.4, -0.2) is 11.9 Å². The van der Waals surface area contributed by atoms with E-state index in [1.807, 2.05) is 6.92 Å². The number of imide groups is 1. The molecule has 0 aliphatic carbocycles. The van der Waals surface area contributed by atoms with Crippen LogP contribution in [0.15, 0.2) is 18.2 Å². The summed E-state index contributed by atoms with van der Waals surface area (Å²) in [6.07, 6.45) is 0.699. The Balaban J connectivity index is 2.42. The lowest BCUT2D eigenvalue weighted by Gasteiger charge is -2.12. The van der Waals surface area contributed by atoms with E-state index >= 15 is 0 Å². The number of urea groups is 1. The van der Waals surface area contributed by atoms with Crippen LogP contribution in [0.3, 0.4) is 0 Å². The summed E-state index contributed by atoms with van der Waals surface area (Å²) in [4.78, 5) is 22.6. The standard InChI is InChI=1S/C12H11N3O2/c1-2-8-5-7(6-13)3-4-9(8)10-11(16)15-12(17)14-10/h3-5,10H,2H2,1H3,(H2,14,15,16,17). The summed E-state index contributed by atoms with van der Waals surface area (Å²) in [5, 5.41) is 13.5. The second kappa shape index (κ2) is 4.26. The predicted molar refractivity (Wildman–Crippen MR) is 60.0 cm³/mol. The highest BCUT2D eigenvalue weighted by Gasteiger charge is 2.32. The molecule has 0 radical (unpaired) electrons. The predicted octanol–water partition coefficient (Wildman–Crippen LogP) is 1.00. The van der Waals surface area contributed by atoms with Gasteiger partial charge in [-0.25, -0.2) is 4.79 Å².